The molecule has 0 aromatic heterocycles. The van der Waals surface area contributed by atoms with Crippen molar-refractivity contribution in [1.82, 2.24) is 0 Å². The third kappa shape index (κ3) is 4.18. The van der Waals surface area contributed by atoms with Crippen LogP contribution in [0.1, 0.15) is 40.6 Å². The zero-order chi connectivity index (χ0) is 23.2. The van der Waals surface area contributed by atoms with Crippen molar-refractivity contribution in [2.75, 3.05) is 16.3 Å². The van der Waals surface area contributed by atoms with Crippen molar-refractivity contribution in [1.29, 1.82) is 0 Å². The second kappa shape index (κ2) is 8.58. The average molecular weight is 477 g/mol. The van der Waals surface area contributed by atoms with Crippen LogP contribution in [0.2, 0.25) is 0 Å². The van der Waals surface area contributed by atoms with Crippen LogP contribution in [0.3, 0.4) is 0 Å². The summed E-state index contributed by atoms with van der Waals surface area (Å²) < 4.78 is 29.2. The van der Waals surface area contributed by atoms with Gasteiger partial charge in [-0.25, -0.2) is 8.42 Å². The molecule has 1 heterocycles. The van der Waals surface area contributed by atoms with Crippen LogP contribution in [0.5, 0.6) is 0 Å². The molecule has 170 valence electrons. The van der Waals surface area contributed by atoms with Gasteiger partial charge in [-0.05, 0) is 85.5 Å². The highest BCUT2D eigenvalue weighted by Crippen LogP contribution is 2.50. The second-order valence-electron chi connectivity index (χ2n) is 8.92. The Morgan fingerprint density at radius 1 is 1.00 bits per heavy atom. The van der Waals surface area contributed by atoms with Gasteiger partial charge in [-0.2, -0.15) is 0 Å². The quantitative estimate of drug-likeness (QED) is 0.320. The summed E-state index contributed by atoms with van der Waals surface area (Å²) in [6, 6.07) is 20.1. The first-order valence-electron chi connectivity index (χ1n) is 11.2. The highest BCUT2D eigenvalue weighted by Gasteiger charge is 2.38. The lowest BCUT2D eigenvalue weighted by Crippen LogP contribution is -2.29. The zero-order valence-electron chi connectivity index (χ0n) is 19.0. The van der Waals surface area contributed by atoms with Crippen LogP contribution in [0.15, 0.2) is 82.6 Å². The van der Waals surface area contributed by atoms with E-state index < -0.39 is 10.0 Å². The van der Waals surface area contributed by atoms with Crippen molar-refractivity contribution in [3.63, 3.8) is 0 Å². The molecule has 33 heavy (non-hydrogen) atoms. The molecule has 0 fully saturated rings. The molecule has 1 aliphatic carbocycles. The molecule has 6 heteroatoms. The summed E-state index contributed by atoms with van der Waals surface area (Å²) in [7, 11) is -3.69. The van der Waals surface area contributed by atoms with E-state index in [0.717, 1.165) is 28.8 Å². The van der Waals surface area contributed by atoms with Crippen LogP contribution in [0.4, 0.5) is 11.4 Å². The van der Waals surface area contributed by atoms with E-state index in [2.05, 4.69) is 52.7 Å². The van der Waals surface area contributed by atoms with Gasteiger partial charge in [-0.3, -0.25) is 4.72 Å². The van der Waals surface area contributed by atoms with E-state index in [1.54, 1.807) is 17.8 Å². The number of allylic oxidation sites excluding steroid dienone is 2. The number of fused-ring (bicyclic) bond motifs is 3. The van der Waals surface area contributed by atoms with Crippen molar-refractivity contribution in [2.45, 2.75) is 42.0 Å². The van der Waals surface area contributed by atoms with Gasteiger partial charge in [0.2, 0.25) is 0 Å². The first-order chi connectivity index (χ1) is 15.9. The molecule has 2 N–H and O–H groups in total. The molecular formula is C27H28N2O2S2. The first kappa shape index (κ1) is 22.1. The van der Waals surface area contributed by atoms with Crippen molar-refractivity contribution >= 4 is 33.2 Å². The molecule has 3 unspecified atom stereocenters. The highest BCUT2D eigenvalue weighted by atomic mass is 32.2. The largest absolute Gasteiger partial charge is 0.378 e. The third-order valence-corrected chi connectivity index (χ3v) is 8.85. The summed E-state index contributed by atoms with van der Waals surface area (Å²) >= 11 is 1.74. The third-order valence-electron chi connectivity index (χ3n) is 6.75. The minimum Gasteiger partial charge on any atom is -0.378 e. The average Bonchev–Trinajstić information content (AvgIpc) is 3.30. The molecule has 5 rings (SSSR count). The maximum absolute atomic E-state index is 13.2. The van der Waals surface area contributed by atoms with E-state index >= 15 is 0 Å². The summed E-state index contributed by atoms with van der Waals surface area (Å²) in [4.78, 5) is 1.55. The molecule has 4 nitrogen and oxygen atoms in total. The van der Waals surface area contributed by atoms with Gasteiger partial charge in [0.1, 0.15) is 0 Å². The van der Waals surface area contributed by atoms with E-state index in [1.165, 1.54) is 10.5 Å². The Labute approximate surface area is 200 Å². The van der Waals surface area contributed by atoms with Gasteiger partial charge in [0.15, 0.2) is 0 Å². The zero-order valence-corrected chi connectivity index (χ0v) is 20.6. The number of anilines is 2. The van der Waals surface area contributed by atoms with Crippen LogP contribution in [0, 0.1) is 19.8 Å². The van der Waals surface area contributed by atoms with Crippen LogP contribution in [-0.4, -0.2) is 14.7 Å². The number of aryl methyl sites for hydroxylation is 2. The second-order valence-corrected chi connectivity index (χ2v) is 11.5. The Balaban J connectivity index is 1.47. The lowest BCUT2D eigenvalue weighted by molar-refractivity contribution is 0.425. The summed E-state index contributed by atoms with van der Waals surface area (Å²) in [5.41, 5.74) is 5.95. The molecule has 0 radical (unpaired) electrons. The van der Waals surface area contributed by atoms with E-state index in [4.69, 9.17) is 0 Å². The summed E-state index contributed by atoms with van der Waals surface area (Å²) in [6.07, 6.45) is 7.53. The van der Waals surface area contributed by atoms with Crippen LogP contribution < -0.4 is 10.0 Å². The van der Waals surface area contributed by atoms with E-state index in [9.17, 15) is 8.42 Å². The maximum Gasteiger partial charge on any atom is 0.261 e. The minimum absolute atomic E-state index is 0.197. The fraction of sp³-hybridized carbons (Fsp3) is 0.259. The molecule has 3 aromatic rings. The molecule has 1 aliphatic heterocycles. The van der Waals surface area contributed by atoms with Crippen molar-refractivity contribution < 1.29 is 8.42 Å². The van der Waals surface area contributed by atoms with Gasteiger partial charge < -0.3 is 5.32 Å². The van der Waals surface area contributed by atoms with E-state index in [-0.39, 0.29) is 12.0 Å². The Morgan fingerprint density at radius 3 is 2.52 bits per heavy atom. The Hall–Kier alpha value is -2.70. The number of hydrogen-bond acceptors (Lipinski definition) is 4. The lowest BCUT2D eigenvalue weighted by atomic mass is 9.77. The number of rotatable bonds is 5. The minimum atomic E-state index is -3.69. The van der Waals surface area contributed by atoms with Crippen LogP contribution in [0.25, 0.3) is 0 Å². The van der Waals surface area contributed by atoms with Crippen LogP contribution in [-0.2, 0) is 10.0 Å². The topological polar surface area (TPSA) is 58.2 Å². The van der Waals surface area contributed by atoms with Gasteiger partial charge in [0, 0.05) is 16.5 Å². The predicted octanol–water partition coefficient (Wildman–Crippen LogP) is 6.65. The Morgan fingerprint density at radius 2 is 1.79 bits per heavy atom. The van der Waals surface area contributed by atoms with E-state index in [0.29, 0.717) is 16.5 Å². The smallest absolute Gasteiger partial charge is 0.261 e. The molecule has 0 bridgehead atoms. The molecule has 3 aromatic carbocycles. The number of sulfonamides is 1. The van der Waals surface area contributed by atoms with Gasteiger partial charge in [0.05, 0.1) is 16.6 Å². The van der Waals surface area contributed by atoms with Crippen molar-refractivity contribution in [2.24, 2.45) is 5.92 Å². The molecule has 0 saturated carbocycles. The number of benzene rings is 3. The number of nitrogens with one attached hydrogen (secondary N) is 2. The normalized spacial score (nSPS) is 21.2. The highest BCUT2D eigenvalue weighted by molar-refractivity contribution is 7.98. The molecule has 2 aliphatic rings. The molecule has 0 saturated heterocycles. The molecule has 0 amide bonds. The fourth-order valence-electron chi connectivity index (χ4n) is 5.01. The SMILES string of the molecule is CSc1ccc(C2Nc3ccc(S(=O)(=O)Nc4ccc(C)cc4C)cc3C3C=CCC32)cc1. The predicted molar refractivity (Wildman–Crippen MR) is 138 cm³/mol. The van der Waals surface area contributed by atoms with E-state index in [1.807, 2.05) is 44.2 Å². The van der Waals surface area contributed by atoms with Gasteiger partial charge in [-0.1, -0.05) is 42.0 Å². The first-order valence-corrected chi connectivity index (χ1v) is 13.9. The van der Waals surface area contributed by atoms with Crippen molar-refractivity contribution in [3.05, 3.63) is 95.1 Å². The van der Waals surface area contributed by atoms with Crippen molar-refractivity contribution in [3.8, 4) is 0 Å². The number of hydrogen-bond donors (Lipinski definition) is 2. The Bertz CT molecular complexity index is 1330. The summed E-state index contributed by atoms with van der Waals surface area (Å²) in [5, 5.41) is 3.70. The summed E-state index contributed by atoms with van der Waals surface area (Å²) in [5.74, 6) is 0.561. The lowest BCUT2D eigenvalue weighted by Gasteiger charge is -2.37. The molecular weight excluding hydrogens is 448 g/mol. The monoisotopic (exact) mass is 476 g/mol. The number of thioether (sulfide) groups is 1. The van der Waals surface area contributed by atoms with Gasteiger partial charge >= 0.3 is 0 Å². The van der Waals surface area contributed by atoms with Crippen LogP contribution >= 0.6 is 11.8 Å². The standard InChI is InChI=1S/C27H28N2O2S2/c1-17-7-13-25(18(2)15-17)29-33(30,31)21-12-14-26-24(16-21)22-5-4-6-23(22)27(28-26)19-8-10-20(32-3)11-9-19/h4-5,7-16,22-23,27-29H,6H2,1-3H3. The Kier molecular flexibility index (Phi) is 5.75. The maximum atomic E-state index is 13.2. The van der Waals surface area contributed by atoms with Gasteiger partial charge in [-0.15, -0.1) is 11.8 Å². The summed E-state index contributed by atoms with van der Waals surface area (Å²) in [6.45, 7) is 3.92. The molecule has 0 spiro atoms. The van der Waals surface area contributed by atoms with Gasteiger partial charge in [0.25, 0.3) is 10.0 Å². The fourth-order valence-corrected chi connectivity index (χ4v) is 6.59. The molecule has 3 atom stereocenters.